The molecule has 28 heavy (non-hydrogen) atoms. The van der Waals surface area contributed by atoms with Crippen LogP contribution in [0.2, 0.25) is 0 Å². The van der Waals surface area contributed by atoms with Crippen LogP contribution in [0.1, 0.15) is 48.2 Å². The van der Waals surface area contributed by atoms with E-state index in [1.54, 1.807) is 18.0 Å². The van der Waals surface area contributed by atoms with Gasteiger partial charge in [-0.3, -0.25) is 24.1 Å². The van der Waals surface area contributed by atoms with Crippen LogP contribution in [0.3, 0.4) is 0 Å². The highest BCUT2D eigenvalue weighted by Crippen LogP contribution is 2.22. The number of amides is 3. The van der Waals surface area contributed by atoms with Crippen LogP contribution in [0.5, 0.6) is 0 Å². The van der Waals surface area contributed by atoms with Crippen molar-refractivity contribution in [1.82, 2.24) is 15.5 Å². The Hall–Kier alpha value is -1.06. The lowest BCUT2D eigenvalue weighted by Crippen LogP contribution is -2.35. The van der Waals surface area contributed by atoms with Crippen molar-refractivity contribution in [3.05, 3.63) is 0 Å². The maximum atomic E-state index is 11.8. The summed E-state index contributed by atoms with van der Waals surface area (Å²) < 4.78 is 13.7. The van der Waals surface area contributed by atoms with Gasteiger partial charge in [-0.1, -0.05) is 13.3 Å². The summed E-state index contributed by atoms with van der Waals surface area (Å²) in [6.07, 6.45) is 7.18. The number of carbonyl (C=O) groups excluding carboxylic acids is 4. The lowest BCUT2D eigenvalue weighted by Gasteiger charge is -2.14. The molecule has 0 aromatic rings. The van der Waals surface area contributed by atoms with E-state index in [-0.39, 0.29) is 49.4 Å². The molecule has 0 aromatic carbocycles. The van der Waals surface area contributed by atoms with Crippen LogP contribution in [0, 0.1) is 0 Å². The number of likely N-dealkylation sites (tertiary alicyclic amines) is 1. The third kappa shape index (κ3) is 11.7. The van der Waals surface area contributed by atoms with Gasteiger partial charge in [0.1, 0.15) is 5.78 Å². The first-order valence-electron chi connectivity index (χ1n) is 10.8. The molecule has 0 spiro atoms. The Morgan fingerprint density at radius 3 is 2.61 bits per heavy atom. The molecule has 0 bridgehead atoms. The molecule has 2 N–H and O–H groups in total. The zero-order valence-electron chi connectivity index (χ0n) is 19.0. The molecule has 0 radical (unpaired) electrons. The fraction of sp³-hybridized carbons (Fsp3) is 0.789. The topological polar surface area (TPSA) is 95.6 Å². The predicted molar refractivity (Wildman–Crippen MR) is 118 cm³/mol. The number of nitrogens with one attached hydrogen (secondary N) is 2. The summed E-state index contributed by atoms with van der Waals surface area (Å²) in [5.74, 6) is 0.411. The van der Waals surface area contributed by atoms with E-state index in [1.807, 2.05) is 6.26 Å². The number of nitrogens with zero attached hydrogens (tertiary/aromatic N) is 1. The molecule has 1 unspecified atom stereocenters. The Balaban J connectivity index is 0.000000654. The van der Waals surface area contributed by atoms with E-state index in [2.05, 4.69) is 10.6 Å². The van der Waals surface area contributed by atoms with Crippen LogP contribution in [0.4, 0.5) is 0 Å². The van der Waals surface area contributed by atoms with Crippen LogP contribution in [0.15, 0.2) is 0 Å². The minimum atomic E-state index is -0.285. The average Bonchev–Trinajstić information content (AvgIpc) is 3.00. The lowest BCUT2D eigenvalue weighted by atomic mass is 10.2. The normalized spacial score (nSPS) is 16.9. The summed E-state index contributed by atoms with van der Waals surface area (Å²) in [6, 6.07) is 0. The molecule has 0 saturated carbocycles. The minimum Gasteiger partial charge on any atom is -0.356 e. The zero-order valence-corrected chi connectivity index (χ0v) is 18.6. The molecule has 1 heterocycles. The van der Waals surface area contributed by atoms with Crippen LogP contribution >= 0.6 is 23.5 Å². The molecule has 1 fully saturated rings. The number of Topliss-reactive ketones (excluding diaryl/α,β-unsaturated/α-hetero) is 1. The molecule has 1 rings (SSSR count). The van der Waals surface area contributed by atoms with Gasteiger partial charge in [0.2, 0.25) is 17.7 Å². The van der Waals surface area contributed by atoms with Crippen molar-refractivity contribution in [1.29, 1.82) is 0 Å². The van der Waals surface area contributed by atoms with E-state index in [1.165, 1.54) is 16.7 Å². The quantitative estimate of drug-likeness (QED) is 0.336. The number of carbonyl (C=O) groups is 4. The van der Waals surface area contributed by atoms with Gasteiger partial charge in [-0.25, -0.2) is 0 Å². The number of imide groups is 1. The number of hydrogen-bond acceptors (Lipinski definition) is 7. The van der Waals surface area contributed by atoms with Gasteiger partial charge in [-0.05, 0) is 38.9 Å². The number of ketones is 1. The second kappa shape index (κ2) is 16.9. The van der Waals surface area contributed by atoms with Gasteiger partial charge in [0.15, 0.2) is 0 Å². The van der Waals surface area contributed by atoms with Crippen molar-refractivity contribution in [3.63, 3.8) is 0 Å². The summed E-state index contributed by atoms with van der Waals surface area (Å²) in [6.45, 7) is 1.86. The third-order valence-corrected chi connectivity index (χ3v) is 5.46. The maximum absolute atomic E-state index is 11.8. The Morgan fingerprint density at radius 1 is 1.21 bits per heavy atom. The van der Waals surface area contributed by atoms with Crippen molar-refractivity contribution >= 4 is 47.0 Å². The van der Waals surface area contributed by atoms with Crippen LogP contribution in [-0.2, 0) is 19.2 Å². The molecule has 1 aliphatic rings. The SMILES string of the molecule is [2H]CCCCNC(=O)CCN1C(=O)CC(SC)C1=O.[2H]CNCCCC(=O)CSC. The third-order valence-electron chi connectivity index (χ3n) is 3.91. The molecular formula is C19H35N3O4S2. The van der Waals surface area contributed by atoms with Gasteiger partial charge in [-0.2, -0.15) is 23.5 Å². The van der Waals surface area contributed by atoms with E-state index in [4.69, 9.17) is 2.74 Å². The molecule has 0 aromatic heterocycles. The number of thioether (sulfide) groups is 2. The first-order chi connectivity index (χ1) is 14.4. The van der Waals surface area contributed by atoms with Crippen molar-refractivity contribution < 1.29 is 21.9 Å². The van der Waals surface area contributed by atoms with Crippen LogP contribution < -0.4 is 10.6 Å². The smallest absolute Gasteiger partial charge is 0.242 e. The van der Waals surface area contributed by atoms with Gasteiger partial charge in [-0.15, -0.1) is 0 Å². The van der Waals surface area contributed by atoms with Gasteiger partial charge in [0.05, 0.1) is 11.0 Å². The molecular weight excluding hydrogens is 398 g/mol. The van der Waals surface area contributed by atoms with Crippen molar-refractivity contribution in [3.8, 4) is 0 Å². The van der Waals surface area contributed by atoms with E-state index < -0.39 is 0 Å². The monoisotopic (exact) mass is 435 g/mol. The second-order valence-electron chi connectivity index (χ2n) is 6.19. The van der Waals surface area contributed by atoms with E-state index >= 15 is 0 Å². The average molecular weight is 436 g/mol. The number of unbranched alkanes of at least 4 members (excludes halogenated alkanes) is 1. The first-order valence-corrected chi connectivity index (χ1v) is 12.0. The van der Waals surface area contributed by atoms with Crippen molar-refractivity contribution in [2.45, 2.75) is 50.7 Å². The lowest BCUT2D eigenvalue weighted by molar-refractivity contribution is -0.138. The van der Waals surface area contributed by atoms with E-state index in [9.17, 15) is 19.2 Å². The fourth-order valence-corrected chi connectivity index (χ4v) is 3.47. The van der Waals surface area contributed by atoms with E-state index in [0.29, 0.717) is 31.4 Å². The van der Waals surface area contributed by atoms with Crippen LogP contribution in [-0.4, -0.2) is 78.6 Å². The van der Waals surface area contributed by atoms with Gasteiger partial charge < -0.3 is 10.6 Å². The Kier molecular flexibility index (Phi) is 14.0. The summed E-state index contributed by atoms with van der Waals surface area (Å²) in [5, 5.41) is 5.29. The molecule has 3 amide bonds. The Morgan fingerprint density at radius 2 is 2.00 bits per heavy atom. The largest absolute Gasteiger partial charge is 0.356 e. The predicted octanol–water partition coefficient (Wildman–Crippen LogP) is 1.70. The first kappa shape index (κ1) is 23.2. The molecule has 0 aliphatic carbocycles. The van der Waals surface area contributed by atoms with Gasteiger partial charge in [0.25, 0.3) is 0 Å². The molecule has 9 heteroatoms. The maximum Gasteiger partial charge on any atom is 0.242 e. The number of hydrogen-bond donors (Lipinski definition) is 2. The second-order valence-corrected chi connectivity index (χ2v) is 8.10. The van der Waals surface area contributed by atoms with Gasteiger partial charge in [0, 0.05) is 35.1 Å². The summed E-state index contributed by atoms with van der Waals surface area (Å²) in [5.41, 5.74) is 0. The minimum absolute atomic E-state index is 0.152. The standard InChI is InChI=1S/C12H20N2O3S.C7H15NOS/c1-3-4-6-13-10(15)5-7-14-11(16)8-9(18-2)12(14)17;1-8-5-3-4-7(9)6-10-2/h9H,3-8H2,1-2H3,(H,13,15);8H,3-6H2,1-2H3/i2*1D. The molecule has 1 atom stereocenters. The van der Waals surface area contributed by atoms with Crippen molar-refractivity contribution in [2.24, 2.45) is 0 Å². The van der Waals surface area contributed by atoms with Crippen LogP contribution in [0.25, 0.3) is 0 Å². The van der Waals surface area contributed by atoms with E-state index in [0.717, 1.165) is 25.8 Å². The van der Waals surface area contributed by atoms with Gasteiger partial charge >= 0.3 is 0 Å². The Bertz CT molecular complexity index is 542. The highest BCUT2D eigenvalue weighted by atomic mass is 32.2. The number of rotatable bonds is 13. The Labute approximate surface area is 180 Å². The molecule has 1 saturated heterocycles. The highest BCUT2D eigenvalue weighted by molar-refractivity contribution is 8.00. The fourth-order valence-electron chi connectivity index (χ4n) is 2.37. The summed E-state index contributed by atoms with van der Waals surface area (Å²) in [7, 11) is 0.247. The highest BCUT2D eigenvalue weighted by Gasteiger charge is 2.37. The summed E-state index contributed by atoms with van der Waals surface area (Å²) in [4.78, 5) is 47.0. The molecule has 7 nitrogen and oxygen atoms in total. The molecule has 1 aliphatic heterocycles. The zero-order chi connectivity index (χ0) is 22.8. The van der Waals surface area contributed by atoms with Crippen molar-refractivity contribution in [2.75, 3.05) is 44.9 Å². The summed E-state index contributed by atoms with van der Waals surface area (Å²) >= 11 is 2.94. The molecule has 162 valence electrons.